The van der Waals surface area contributed by atoms with Crippen LogP contribution in [0.5, 0.6) is 0 Å². The predicted molar refractivity (Wildman–Crippen MR) is 105 cm³/mol. The summed E-state index contributed by atoms with van der Waals surface area (Å²) in [5, 5.41) is 16.3. The highest BCUT2D eigenvalue weighted by Crippen LogP contribution is 2.15. The Morgan fingerprint density at radius 1 is 1.03 bits per heavy atom. The van der Waals surface area contributed by atoms with Gasteiger partial charge in [0.1, 0.15) is 11.6 Å². The summed E-state index contributed by atoms with van der Waals surface area (Å²) in [6.45, 7) is 1.13. The third-order valence-electron chi connectivity index (χ3n) is 4.56. The number of urea groups is 1. The van der Waals surface area contributed by atoms with Crippen molar-refractivity contribution in [3.05, 3.63) is 71.6 Å². The highest BCUT2D eigenvalue weighted by atomic mass is 19.1. The van der Waals surface area contributed by atoms with E-state index in [4.69, 9.17) is 0 Å². The number of anilines is 2. The normalized spacial score (nSPS) is 12.3. The number of carbonyl (C=O) groups is 2. The third kappa shape index (κ3) is 4.40. The van der Waals surface area contributed by atoms with Crippen molar-refractivity contribution in [3.63, 3.8) is 0 Å². The van der Waals surface area contributed by atoms with Crippen LogP contribution >= 0.6 is 0 Å². The fourth-order valence-corrected chi connectivity index (χ4v) is 3.18. The minimum atomic E-state index is -0.437. The van der Waals surface area contributed by atoms with Crippen molar-refractivity contribution in [3.8, 4) is 0 Å². The molecule has 0 radical (unpaired) electrons. The van der Waals surface area contributed by atoms with Crippen LogP contribution in [-0.4, -0.2) is 26.7 Å². The van der Waals surface area contributed by atoms with E-state index < -0.39 is 17.8 Å². The molecule has 0 aliphatic carbocycles. The summed E-state index contributed by atoms with van der Waals surface area (Å²) in [4.78, 5) is 24.6. The SMILES string of the molecule is O=C(NCc1nnc2n1CCC2)Nc1cccc(C(=O)Nc2cccc(F)c2)c1. The first kappa shape index (κ1) is 18.6. The van der Waals surface area contributed by atoms with Gasteiger partial charge in [0.15, 0.2) is 5.82 Å². The first-order valence-electron chi connectivity index (χ1n) is 9.21. The maximum atomic E-state index is 13.3. The first-order valence-corrected chi connectivity index (χ1v) is 9.21. The van der Waals surface area contributed by atoms with Crippen LogP contribution in [0.1, 0.15) is 28.4 Å². The second-order valence-electron chi connectivity index (χ2n) is 6.64. The lowest BCUT2D eigenvalue weighted by Gasteiger charge is -2.10. The van der Waals surface area contributed by atoms with Crippen LogP contribution in [-0.2, 0) is 19.5 Å². The Hall–Kier alpha value is -3.75. The fraction of sp³-hybridized carbons (Fsp3) is 0.200. The van der Waals surface area contributed by atoms with E-state index in [1.165, 1.54) is 18.2 Å². The maximum Gasteiger partial charge on any atom is 0.319 e. The Balaban J connectivity index is 1.35. The van der Waals surface area contributed by atoms with Crippen LogP contribution in [0.4, 0.5) is 20.6 Å². The molecule has 9 heteroatoms. The van der Waals surface area contributed by atoms with Crippen LogP contribution in [0.2, 0.25) is 0 Å². The first-order chi connectivity index (χ1) is 14.1. The van der Waals surface area contributed by atoms with Crippen molar-refractivity contribution < 1.29 is 14.0 Å². The molecule has 3 N–H and O–H groups in total. The molecule has 29 heavy (non-hydrogen) atoms. The standard InChI is InChI=1S/C20H19FN6O2/c21-14-5-2-7-16(11-14)23-19(28)13-4-1-6-15(10-13)24-20(29)22-12-18-26-25-17-8-3-9-27(17)18/h1-2,4-7,10-11H,3,8-9,12H2,(H,23,28)(H2,22,24,29). The molecule has 0 saturated heterocycles. The average molecular weight is 394 g/mol. The molecule has 0 bridgehead atoms. The molecule has 0 unspecified atom stereocenters. The van der Waals surface area contributed by atoms with Gasteiger partial charge in [-0.1, -0.05) is 12.1 Å². The second-order valence-corrected chi connectivity index (χ2v) is 6.64. The monoisotopic (exact) mass is 394 g/mol. The summed E-state index contributed by atoms with van der Waals surface area (Å²) in [6.07, 6.45) is 1.94. The number of aryl methyl sites for hydroxylation is 1. The number of nitrogens with one attached hydrogen (secondary N) is 3. The lowest BCUT2D eigenvalue weighted by atomic mass is 10.2. The molecule has 1 aliphatic rings. The van der Waals surface area contributed by atoms with E-state index in [1.54, 1.807) is 30.3 Å². The summed E-state index contributed by atoms with van der Waals surface area (Å²) >= 11 is 0. The molecule has 3 aromatic rings. The van der Waals surface area contributed by atoms with Crippen molar-refractivity contribution >= 4 is 23.3 Å². The summed E-state index contributed by atoms with van der Waals surface area (Å²) in [7, 11) is 0. The molecule has 3 amide bonds. The van der Waals surface area contributed by atoms with Gasteiger partial charge < -0.3 is 20.5 Å². The van der Waals surface area contributed by atoms with Crippen molar-refractivity contribution in [1.82, 2.24) is 20.1 Å². The number of benzene rings is 2. The minimum Gasteiger partial charge on any atom is -0.331 e. The number of fused-ring (bicyclic) bond motifs is 1. The van der Waals surface area contributed by atoms with Crippen LogP contribution in [0.3, 0.4) is 0 Å². The number of hydrogen-bond donors (Lipinski definition) is 3. The van der Waals surface area contributed by atoms with Gasteiger partial charge in [-0.2, -0.15) is 0 Å². The van der Waals surface area contributed by atoms with E-state index >= 15 is 0 Å². The molecular formula is C20H19FN6O2. The molecule has 4 rings (SSSR count). The zero-order valence-corrected chi connectivity index (χ0v) is 15.5. The highest BCUT2D eigenvalue weighted by molar-refractivity contribution is 6.05. The van der Waals surface area contributed by atoms with Crippen molar-refractivity contribution in [1.29, 1.82) is 0 Å². The van der Waals surface area contributed by atoms with E-state index in [9.17, 15) is 14.0 Å². The van der Waals surface area contributed by atoms with E-state index in [-0.39, 0.29) is 6.54 Å². The molecule has 1 aromatic heterocycles. The Morgan fingerprint density at radius 3 is 2.66 bits per heavy atom. The van der Waals surface area contributed by atoms with Crippen molar-refractivity contribution in [2.24, 2.45) is 0 Å². The Kier molecular flexibility index (Phi) is 5.19. The maximum absolute atomic E-state index is 13.3. The van der Waals surface area contributed by atoms with Crippen LogP contribution in [0, 0.1) is 5.82 Å². The number of nitrogens with zero attached hydrogens (tertiary/aromatic N) is 3. The van der Waals surface area contributed by atoms with Crippen LogP contribution < -0.4 is 16.0 Å². The van der Waals surface area contributed by atoms with Gasteiger partial charge in [-0.15, -0.1) is 10.2 Å². The Labute approximate surface area is 166 Å². The average Bonchev–Trinajstić information content (AvgIpc) is 3.31. The van der Waals surface area contributed by atoms with Gasteiger partial charge in [0.2, 0.25) is 0 Å². The molecule has 2 heterocycles. The molecule has 2 aromatic carbocycles. The summed E-state index contributed by atoms with van der Waals surface area (Å²) < 4.78 is 15.3. The zero-order chi connectivity index (χ0) is 20.2. The molecule has 0 saturated carbocycles. The number of amides is 3. The van der Waals surface area contributed by atoms with Crippen molar-refractivity contribution in [2.45, 2.75) is 25.9 Å². The molecule has 0 atom stereocenters. The molecule has 1 aliphatic heterocycles. The Morgan fingerprint density at radius 2 is 1.83 bits per heavy atom. The van der Waals surface area contributed by atoms with Gasteiger partial charge >= 0.3 is 6.03 Å². The van der Waals surface area contributed by atoms with E-state index in [1.807, 2.05) is 4.57 Å². The van der Waals surface area contributed by atoms with E-state index in [0.29, 0.717) is 16.9 Å². The number of halogens is 1. The van der Waals surface area contributed by atoms with Crippen LogP contribution in [0.15, 0.2) is 48.5 Å². The lowest BCUT2D eigenvalue weighted by Crippen LogP contribution is -2.29. The summed E-state index contributed by atoms with van der Waals surface area (Å²) in [5.41, 5.74) is 1.15. The summed E-state index contributed by atoms with van der Waals surface area (Å²) in [5.74, 6) is 0.821. The highest BCUT2D eigenvalue weighted by Gasteiger charge is 2.17. The number of aromatic nitrogens is 3. The van der Waals surface area contributed by atoms with Gasteiger partial charge in [-0.05, 0) is 42.8 Å². The van der Waals surface area contributed by atoms with Gasteiger partial charge in [0.25, 0.3) is 5.91 Å². The molecular weight excluding hydrogens is 375 g/mol. The third-order valence-corrected chi connectivity index (χ3v) is 4.56. The topological polar surface area (TPSA) is 101 Å². The number of rotatable bonds is 5. The van der Waals surface area contributed by atoms with Gasteiger partial charge in [0.05, 0.1) is 6.54 Å². The molecule has 0 spiro atoms. The van der Waals surface area contributed by atoms with Gasteiger partial charge in [0, 0.05) is 29.9 Å². The molecule has 0 fully saturated rings. The van der Waals surface area contributed by atoms with Gasteiger partial charge in [-0.3, -0.25) is 4.79 Å². The molecule has 148 valence electrons. The van der Waals surface area contributed by atoms with E-state index in [0.717, 1.165) is 31.0 Å². The predicted octanol–water partition coefficient (Wildman–Crippen LogP) is 2.94. The number of carbonyl (C=O) groups excluding carboxylic acids is 2. The van der Waals surface area contributed by atoms with E-state index in [2.05, 4.69) is 26.1 Å². The number of hydrogen-bond acceptors (Lipinski definition) is 4. The lowest BCUT2D eigenvalue weighted by molar-refractivity contribution is 0.102. The molecule has 8 nitrogen and oxygen atoms in total. The zero-order valence-electron chi connectivity index (χ0n) is 15.5. The smallest absolute Gasteiger partial charge is 0.319 e. The largest absolute Gasteiger partial charge is 0.331 e. The van der Waals surface area contributed by atoms with Crippen LogP contribution in [0.25, 0.3) is 0 Å². The quantitative estimate of drug-likeness (QED) is 0.619. The second kappa shape index (κ2) is 8.09. The van der Waals surface area contributed by atoms with Crippen molar-refractivity contribution in [2.75, 3.05) is 10.6 Å². The summed E-state index contributed by atoms with van der Waals surface area (Å²) in [6, 6.07) is 11.7. The van der Waals surface area contributed by atoms with Gasteiger partial charge in [-0.25, -0.2) is 9.18 Å². The Bertz CT molecular complexity index is 1060. The fourth-order valence-electron chi connectivity index (χ4n) is 3.18. The minimum absolute atomic E-state index is 0.262.